The maximum atomic E-state index is 10.6. The first-order chi connectivity index (χ1) is 3.70. The van der Waals surface area contributed by atoms with Gasteiger partial charge in [0, 0.05) is 0 Å². The van der Waals surface area contributed by atoms with Crippen LogP contribution < -0.4 is 0 Å². The first-order valence-electron chi connectivity index (χ1n) is 2.90. The summed E-state index contributed by atoms with van der Waals surface area (Å²) in [6.45, 7) is 3.81. The smallest absolute Gasteiger partial charge is 0.309 e. The Kier molecular flexibility index (Phi) is 1.24. The second-order valence-corrected chi connectivity index (χ2v) is 2.38. The lowest BCUT2D eigenvalue weighted by Crippen LogP contribution is -2.02. The molecular formula is C6H10O2. The van der Waals surface area contributed by atoms with E-state index in [9.17, 15) is 4.79 Å². The first kappa shape index (κ1) is 5.60. The van der Waals surface area contributed by atoms with E-state index < -0.39 is 0 Å². The third kappa shape index (κ3) is 0.831. The van der Waals surface area contributed by atoms with Crippen molar-refractivity contribution in [1.29, 1.82) is 0 Å². The zero-order valence-corrected chi connectivity index (χ0v) is 5.18. The largest absolute Gasteiger partial charge is 0.462 e. The van der Waals surface area contributed by atoms with Crippen LogP contribution in [0.2, 0.25) is 0 Å². The molecule has 2 nitrogen and oxygen atoms in total. The van der Waals surface area contributed by atoms with E-state index >= 15 is 0 Å². The van der Waals surface area contributed by atoms with E-state index in [0.717, 1.165) is 6.42 Å². The Morgan fingerprint density at radius 2 is 2.25 bits per heavy atom. The van der Waals surface area contributed by atoms with Gasteiger partial charge in [-0.05, 0) is 13.3 Å². The Balaban J connectivity index is 2.51. The van der Waals surface area contributed by atoms with Crippen LogP contribution in [0.15, 0.2) is 0 Å². The van der Waals surface area contributed by atoms with E-state index in [4.69, 9.17) is 4.74 Å². The number of carbonyl (C=O) groups is 1. The Morgan fingerprint density at radius 1 is 1.62 bits per heavy atom. The lowest BCUT2D eigenvalue weighted by atomic mass is 10.1. The van der Waals surface area contributed by atoms with Crippen LogP contribution in [0.5, 0.6) is 0 Å². The summed E-state index contributed by atoms with van der Waals surface area (Å²) >= 11 is 0. The number of carbonyl (C=O) groups excluding carboxylic acids is 1. The molecule has 0 aliphatic carbocycles. The summed E-state index contributed by atoms with van der Waals surface area (Å²) in [7, 11) is 0. The number of ether oxygens (including phenoxy) is 1. The van der Waals surface area contributed by atoms with E-state index in [1.165, 1.54) is 0 Å². The van der Waals surface area contributed by atoms with Crippen molar-refractivity contribution in [2.45, 2.75) is 26.4 Å². The number of hydrogen-bond donors (Lipinski definition) is 0. The zero-order valence-electron chi connectivity index (χ0n) is 5.18. The molecule has 1 aliphatic heterocycles. The average molecular weight is 114 g/mol. The number of rotatable bonds is 0. The van der Waals surface area contributed by atoms with Crippen molar-refractivity contribution in [1.82, 2.24) is 0 Å². The minimum atomic E-state index is -0.0440. The van der Waals surface area contributed by atoms with Gasteiger partial charge in [-0.25, -0.2) is 0 Å². The maximum Gasteiger partial charge on any atom is 0.309 e. The standard InChI is InChI=1S/C6H10O2/c1-4-3-5(2)8-6(4)7/h4-5H,3H2,1-2H3/t4-,5-/m1/s1. The van der Waals surface area contributed by atoms with Gasteiger partial charge in [0.1, 0.15) is 0 Å². The van der Waals surface area contributed by atoms with Crippen molar-refractivity contribution < 1.29 is 9.53 Å². The van der Waals surface area contributed by atoms with Gasteiger partial charge in [0.15, 0.2) is 0 Å². The second kappa shape index (κ2) is 1.77. The molecular weight excluding hydrogens is 104 g/mol. The lowest BCUT2D eigenvalue weighted by molar-refractivity contribution is -0.143. The van der Waals surface area contributed by atoms with E-state index in [1.54, 1.807) is 0 Å². The summed E-state index contributed by atoms with van der Waals surface area (Å²) in [4.78, 5) is 10.6. The Morgan fingerprint density at radius 3 is 2.38 bits per heavy atom. The summed E-state index contributed by atoms with van der Waals surface area (Å²) in [5, 5.41) is 0. The molecule has 8 heavy (non-hydrogen) atoms. The summed E-state index contributed by atoms with van der Waals surface area (Å²) in [5.41, 5.74) is 0. The molecule has 0 amide bonds. The van der Waals surface area contributed by atoms with Crippen LogP contribution >= 0.6 is 0 Å². The second-order valence-electron chi connectivity index (χ2n) is 2.38. The van der Waals surface area contributed by atoms with Gasteiger partial charge in [-0.1, -0.05) is 6.92 Å². The van der Waals surface area contributed by atoms with E-state index in [0.29, 0.717) is 0 Å². The normalized spacial score (nSPS) is 37.5. The molecule has 2 atom stereocenters. The SMILES string of the molecule is C[C@@H]1C[C@@H](C)C(=O)O1. The molecule has 1 heterocycles. The van der Waals surface area contributed by atoms with Crippen LogP contribution in [0.4, 0.5) is 0 Å². The highest BCUT2D eigenvalue weighted by Crippen LogP contribution is 2.18. The van der Waals surface area contributed by atoms with Gasteiger partial charge < -0.3 is 4.74 Å². The first-order valence-corrected chi connectivity index (χ1v) is 2.90. The molecule has 46 valence electrons. The van der Waals surface area contributed by atoms with Crippen molar-refractivity contribution in [3.05, 3.63) is 0 Å². The average Bonchev–Trinajstić information content (AvgIpc) is 1.85. The van der Waals surface area contributed by atoms with Gasteiger partial charge in [0.25, 0.3) is 0 Å². The van der Waals surface area contributed by atoms with Gasteiger partial charge in [0.2, 0.25) is 0 Å². The Labute approximate surface area is 48.8 Å². The molecule has 0 aromatic rings. The van der Waals surface area contributed by atoms with Crippen molar-refractivity contribution in [2.75, 3.05) is 0 Å². The summed E-state index contributed by atoms with van der Waals surface area (Å²) in [5.74, 6) is 0.0856. The Bertz CT molecular complexity index is 109. The Hall–Kier alpha value is -0.530. The predicted octanol–water partition coefficient (Wildman–Crippen LogP) is 0.958. The number of hydrogen-bond acceptors (Lipinski definition) is 2. The van der Waals surface area contributed by atoms with E-state index in [2.05, 4.69) is 0 Å². The molecule has 1 fully saturated rings. The third-order valence-electron chi connectivity index (χ3n) is 1.41. The van der Waals surface area contributed by atoms with Crippen LogP contribution in [-0.4, -0.2) is 12.1 Å². The molecule has 0 aromatic carbocycles. The van der Waals surface area contributed by atoms with Crippen LogP contribution in [0, 0.1) is 5.92 Å². The number of esters is 1. The molecule has 0 spiro atoms. The van der Waals surface area contributed by atoms with Crippen molar-refractivity contribution >= 4 is 5.97 Å². The maximum absolute atomic E-state index is 10.6. The van der Waals surface area contributed by atoms with Crippen molar-refractivity contribution in [3.8, 4) is 0 Å². The minimum absolute atomic E-state index is 0.0440. The molecule has 0 saturated carbocycles. The fourth-order valence-corrected chi connectivity index (χ4v) is 0.957. The molecule has 0 radical (unpaired) electrons. The van der Waals surface area contributed by atoms with E-state index in [-0.39, 0.29) is 18.0 Å². The van der Waals surface area contributed by atoms with E-state index in [1.807, 2.05) is 13.8 Å². The summed E-state index contributed by atoms with van der Waals surface area (Å²) in [6, 6.07) is 0. The highest BCUT2D eigenvalue weighted by molar-refractivity contribution is 5.73. The topological polar surface area (TPSA) is 26.3 Å². The van der Waals surface area contributed by atoms with Gasteiger partial charge in [0.05, 0.1) is 12.0 Å². The molecule has 1 aliphatic rings. The molecule has 0 bridgehead atoms. The molecule has 0 aromatic heterocycles. The van der Waals surface area contributed by atoms with Crippen LogP contribution in [0.3, 0.4) is 0 Å². The highest BCUT2D eigenvalue weighted by atomic mass is 16.5. The van der Waals surface area contributed by atoms with Crippen LogP contribution in [-0.2, 0) is 9.53 Å². The number of cyclic esters (lactones) is 1. The summed E-state index contributed by atoms with van der Waals surface area (Å²) in [6.07, 6.45) is 1.04. The van der Waals surface area contributed by atoms with Gasteiger partial charge in [-0.15, -0.1) is 0 Å². The monoisotopic (exact) mass is 114 g/mol. The minimum Gasteiger partial charge on any atom is -0.462 e. The third-order valence-corrected chi connectivity index (χ3v) is 1.41. The fraction of sp³-hybridized carbons (Fsp3) is 0.833. The van der Waals surface area contributed by atoms with Gasteiger partial charge >= 0.3 is 5.97 Å². The van der Waals surface area contributed by atoms with Gasteiger partial charge in [-0.2, -0.15) is 0 Å². The van der Waals surface area contributed by atoms with Crippen LogP contribution in [0.1, 0.15) is 20.3 Å². The fourth-order valence-electron chi connectivity index (χ4n) is 0.957. The molecule has 2 heteroatoms. The molecule has 0 unspecified atom stereocenters. The van der Waals surface area contributed by atoms with Crippen molar-refractivity contribution in [3.63, 3.8) is 0 Å². The molecule has 1 saturated heterocycles. The van der Waals surface area contributed by atoms with Crippen LogP contribution in [0.25, 0.3) is 0 Å². The molecule has 0 N–H and O–H groups in total. The van der Waals surface area contributed by atoms with Crippen molar-refractivity contribution in [2.24, 2.45) is 5.92 Å². The molecule has 1 rings (SSSR count). The summed E-state index contributed by atoms with van der Waals surface area (Å²) < 4.78 is 4.83. The lowest BCUT2D eigenvalue weighted by Gasteiger charge is -1.95. The predicted molar refractivity (Wildman–Crippen MR) is 29.3 cm³/mol. The quantitative estimate of drug-likeness (QED) is 0.438. The zero-order chi connectivity index (χ0) is 6.15. The highest BCUT2D eigenvalue weighted by Gasteiger charge is 2.27. The van der Waals surface area contributed by atoms with Gasteiger partial charge in [-0.3, -0.25) is 4.79 Å².